The van der Waals surface area contributed by atoms with Gasteiger partial charge >= 0.3 is 0 Å². The van der Waals surface area contributed by atoms with E-state index in [1.165, 1.54) is 0 Å². The molecule has 1 aliphatic carbocycles. The first kappa shape index (κ1) is 9.90. The quantitative estimate of drug-likeness (QED) is 0.644. The Hall–Kier alpha value is -0.180. The van der Waals surface area contributed by atoms with Crippen molar-refractivity contribution in [3.63, 3.8) is 0 Å². The Morgan fingerprint density at radius 3 is 2.67 bits per heavy atom. The van der Waals surface area contributed by atoms with Crippen molar-refractivity contribution in [2.75, 3.05) is 5.75 Å². The summed E-state index contributed by atoms with van der Waals surface area (Å²) >= 11 is 3.91. The van der Waals surface area contributed by atoms with E-state index >= 15 is 0 Å². The topological polar surface area (TPSA) is 29.1 Å². The smallest absolute Gasteiger partial charge is 0.229 e. The maximum absolute atomic E-state index is 11.0. The van der Waals surface area contributed by atoms with Gasteiger partial charge in [0.05, 0.1) is 5.75 Å². The number of nitrogens with one attached hydrogen (secondary N) is 1. The molecular weight excluding hydrogens is 170 g/mol. The van der Waals surface area contributed by atoms with Crippen molar-refractivity contribution in [3.8, 4) is 0 Å². The largest absolute Gasteiger partial charge is 0.352 e. The molecule has 0 aromatic heterocycles. The molecule has 0 heterocycles. The van der Waals surface area contributed by atoms with Gasteiger partial charge < -0.3 is 5.32 Å². The van der Waals surface area contributed by atoms with Crippen LogP contribution in [0.4, 0.5) is 0 Å². The summed E-state index contributed by atoms with van der Waals surface area (Å²) in [4.78, 5) is 11.0. The highest BCUT2D eigenvalue weighted by Crippen LogP contribution is 2.51. The lowest BCUT2D eigenvalue weighted by Gasteiger charge is -2.15. The molecule has 0 bridgehead atoms. The van der Waals surface area contributed by atoms with Gasteiger partial charge in [0.25, 0.3) is 0 Å². The minimum absolute atomic E-state index is 0.0488. The number of rotatable bonds is 3. The number of carbonyl (C=O) groups is 1. The summed E-state index contributed by atoms with van der Waals surface area (Å²) < 4.78 is 0. The highest BCUT2D eigenvalue weighted by atomic mass is 32.1. The molecule has 1 amide bonds. The average Bonchev–Trinajstić information content (AvgIpc) is 2.63. The van der Waals surface area contributed by atoms with E-state index in [9.17, 15) is 4.79 Å². The van der Waals surface area contributed by atoms with E-state index in [0.717, 1.165) is 6.42 Å². The predicted octanol–water partition coefficient (Wildman–Crippen LogP) is 1.47. The fourth-order valence-corrected chi connectivity index (χ4v) is 1.57. The lowest BCUT2D eigenvalue weighted by Crippen LogP contribution is -2.31. The van der Waals surface area contributed by atoms with Crippen LogP contribution in [-0.4, -0.2) is 17.7 Å². The van der Waals surface area contributed by atoms with Crippen molar-refractivity contribution in [1.82, 2.24) is 5.32 Å². The van der Waals surface area contributed by atoms with Gasteiger partial charge in [-0.05, 0) is 17.8 Å². The van der Waals surface area contributed by atoms with Crippen molar-refractivity contribution in [2.24, 2.45) is 11.3 Å². The molecule has 0 aromatic rings. The Labute approximate surface area is 79.5 Å². The highest BCUT2D eigenvalue weighted by Gasteiger charge is 2.52. The van der Waals surface area contributed by atoms with Crippen molar-refractivity contribution in [3.05, 3.63) is 0 Å². The van der Waals surface area contributed by atoms with Crippen LogP contribution in [0.5, 0.6) is 0 Å². The van der Waals surface area contributed by atoms with Crippen molar-refractivity contribution >= 4 is 18.5 Å². The zero-order chi connectivity index (χ0) is 9.35. The zero-order valence-electron chi connectivity index (χ0n) is 7.92. The van der Waals surface area contributed by atoms with Gasteiger partial charge in [-0.15, -0.1) is 0 Å². The summed E-state index contributed by atoms with van der Waals surface area (Å²) in [5.41, 5.74) is 0.332. The molecule has 1 rings (SSSR count). The number of hydrogen-bond acceptors (Lipinski definition) is 2. The van der Waals surface area contributed by atoms with Crippen LogP contribution < -0.4 is 5.32 Å². The first-order valence-electron chi connectivity index (χ1n) is 4.41. The van der Waals surface area contributed by atoms with Crippen LogP contribution >= 0.6 is 12.6 Å². The summed E-state index contributed by atoms with van der Waals surface area (Å²) in [7, 11) is 0. The van der Waals surface area contributed by atoms with E-state index < -0.39 is 0 Å². The maximum atomic E-state index is 11.0. The van der Waals surface area contributed by atoms with E-state index in [1.54, 1.807) is 0 Å². The van der Waals surface area contributed by atoms with E-state index in [0.29, 0.717) is 23.1 Å². The van der Waals surface area contributed by atoms with Gasteiger partial charge in [-0.3, -0.25) is 4.79 Å². The Bertz CT molecular complexity index is 193. The van der Waals surface area contributed by atoms with Crippen LogP contribution in [0.1, 0.15) is 27.2 Å². The molecule has 1 fully saturated rings. The molecule has 0 saturated heterocycles. The molecule has 12 heavy (non-hydrogen) atoms. The van der Waals surface area contributed by atoms with Crippen LogP contribution in [0.2, 0.25) is 0 Å². The monoisotopic (exact) mass is 187 g/mol. The third-order valence-electron chi connectivity index (χ3n) is 3.08. The van der Waals surface area contributed by atoms with Crippen LogP contribution in [0.25, 0.3) is 0 Å². The number of thiol groups is 1. The summed E-state index contributed by atoms with van der Waals surface area (Å²) in [5, 5.41) is 2.96. The predicted molar refractivity (Wildman–Crippen MR) is 53.3 cm³/mol. The van der Waals surface area contributed by atoms with Gasteiger partial charge in [-0.1, -0.05) is 20.8 Å². The molecule has 0 aliphatic heterocycles. The van der Waals surface area contributed by atoms with Gasteiger partial charge in [0.15, 0.2) is 0 Å². The van der Waals surface area contributed by atoms with Crippen LogP contribution in [0, 0.1) is 11.3 Å². The lowest BCUT2D eigenvalue weighted by molar-refractivity contribution is -0.118. The minimum atomic E-state index is 0.0488. The molecule has 0 radical (unpaired) electrons. The fourth-order valence-electron chi connectivity index (χ4n) is 1.47. The fraction of sp³-hybridized carbons (Fsp3) is 0.889. The second-order valence-corrected chi connectivity index (χ2v) is 4.46. The normalized spacial score (nSPS) is 33.6. The summed E-state index contributed by atoms with van der Waals surface area (Å²) in [6.45, 7) is 6.63. The number of amides is 1. The van der Waals surface area contributed by atoms with E-state index in [-0.39, 0.29) is 5.91 Å². The molecule has 2 nitrogen and oxygen atoms in total. The Morgan fingerprint density at radius 2 is 2.33 bits per heavy atom. The van der Waals surface area contributed by atoms with Crippen molar-refractivity contribution in [1.29, 1.82) is 0 Å². The summed E-state index contributed by atoms with van der Waals surface area (Å²) in [6, 6.07) is 0.386. The minimum Gasteiger partial charge on any atom is -0.352 e. The van der Waals surface area contributed by atoms with Gasteiger partial charge in [0, 0.05) is 6.04 Å². The lowest BCUT2D eigenvalue weighted by atomic mass is 9.94. The summed E-state index contributed by atoms with van der Waals surface area (Å²) in [5.74, 6) is 0.987. The van der Waals surface area contributed by atoms with Crippen LogP contribution in [0.15, 0.2) is 0 Å². The first-order valence-corrected chi connectivity index (χ1v) is 5.04. The molecule has 70 valence electrons. The maximum Gasteiger partial charge on any atom is 0.229 e. The van der Waals surface area contributed by atoms with Crippen LogP contribution in [0.3, 0.4) is 0 Å². The second-order valence-electron chi connectivity index (χ2n) is 4.14. The Morgan fingerprint density at radius 1 is 1.75 bits per heavy atom. The zero-order valence-corrected chi connectivity index (χ0v) is 8.82. The molecule has 2 atom stereocenters. The Balaban J connectivity index is 2.37. The standard InChI is InChI=1S/C9H17NOS/c1-6(2)9(3)4-7(9)10-8(11)5-12/h6-7,12H,4-5H2,1-3H3,(H,10,11). The highest BCUT2D eigenvalue weighted by molar-refractivity contribution is 7.81. The molecule has 1 saturated carbocycles. The van der Waals surface area contributed by atoms with E-state index in [4.69, 9.17) is 0 Å². The molecular formula is C9H17NOS. The molecule has 0 spiro atoms. The summed E-state index contributed by atoms with van der Waals surface area (Å²) in [6.07, 6.45) is 1.12. The van der Waals surface area contributed by atoms with Crippen molar-refractivity contribution < 1.29 is 4.79 Å². The third kappa shape index (κ3) is 1.76. The third-order valence-corrected chi connectivity index (χ3v) is 3.36. The SMILES string of the molecule is CC(C)C1(C)CC1NC(=O)CS. The molecule has 1 N–H and O–H groups in total. The second kappa shape index (κ2) is 3.29. The molecule has 0 aromatic carbocycles. The van der Waals surface area contributed by atoms with E-state index in [2.05, 4.69) is 38.7 Å². The number of carbonyl (C=O) groups excluding carboxylic acids is 1. The van der Waals surface area contributed by atoms with E-state index in [1.807, 2.05) is 0 Å². The average molecular weight is 187 g/mol. The Kier molecular flexibility index (Phi) is 2.71. The first-order chi connectivity index (χ1) is 5.50. The molecule has 1 aliphatic rings. The van der Waals surface area contributed by atoms with Gasteiger partial charge in [0.2, 0.25) is 5.91 Å². The van der Waals surface area contributed by atoms with Crippen LogP contribution in [-0.2, 0) is 4.79 Å². The van der Waals surface area contributed by atoms with Crippen molar-refractivity contribution in [2.45, 2.75) is 33.2 Å². The van der Waals surface area contributed by atoms with Gasteiger partial charge in [-0.2, -0.15) is 12.6 Å². The molecule has 3 heteroatoms. The van der Waals surface area contributed by atoms with Gasteiger partial charge in [0.1, 0.15) is 0 Å². The van der Waals surface area contributed by atoms with Gasteiger partial charge in [-0.25, -0.2) is 0 Å². The number of hydrogen-bond donors (Lipinski definition) is 2. The molecule has 2 unspecified atom stereocenters.